The van der Waals surface area contributed by atoms with E-state index in [0.717, 1.165) is 46.4 Å². The van der Waals surface area contributed by atoms with Gasteiger partial charge in [0.05, 0.1) is 11.6 Å². The van der Waals surface area contributed by atoms with Crippen molar-refractivity contribution in [3.63, 3.8) is 0 Å². The topological polar surface area (TPSA) is 82.6 Å². The van der Waals surface area contributed by atoms with E-state index in [1.165, 1.54) is 7.05 Å². The van der Waals surface area contributed by atoms with E-state index in [1.807, 2.05) is 24.3 Å². The van der Waals surface area contributed by atoms with Crippen molar-refractivity contribution in [2.75, 3.05) is 11.9 Å². The Kier molecular flexibility index (Phi) is 3.62. The summed E-state index contributed by atoms with van der Waals surface area (Å²) in [6.45, 7) is 6.77. The molecule has 2 aromatic rings. The Bertz CT molecular complexity index is 1220. The average Bonchev–Trinajstić information content (AvgIpc) is 2.95. The lowest BCUT2D eigenvalue weighted by Gasteiger charge is -2.53. The maximum Gasteiger partial charge on any atom is 0.330 e. The Morgan fingerprint density at radius 1 is 1.09 bits per heavy atom. The molecule has 4 atom stereocenters. The highest BCUT2D eigenvalue weighted by Gasteiger charge is 2.71. The van der Waals surface area contributed by atoms with E-state index in [2.05, 4.69) is 37.1 Å². The highest BCUT2D eigenvalue weighted by molar-refractivity contribution is 6.20. The molecule has 2 saturated heterocycles. The SMILES string of the molecule is CN1C(=O)NC(=O)[C@@]2(Cc3cc4ccccc4nc3N3[C@H]4CC(C)(C)C[C@](C)(C4)[C@H]32)C1=O. The molecular formula is C25H28N4O3. The molecule has 1 saturated carbocycles. The molecular weight excluding hydrogens is 404 g/mol. The number of carbonyl (C=O) groups excluding carboxylic acids is 3. The Labute approximate surface area is 187 Å². The number of hydrogen-bond acceptors (Lipinski definition) is 5. The molecule has 3 aliphatic heterocycles. The lowest BCUT2D eigenvalue weighted by Crippen LogP contribution is -2.72. The fraction of sp³-hybridized carbons (Fsp3) is 0.520. The summed E-state index contributed by atoms with van der Waals surface area (Å²) in [5.74, 6) is 0.0310. The summed E-state index contributed by atoms with van der Waals surface area (Å²) in [6, 6.07) is 9.24. The average molecular weight is 433 g/mol. The van der Waals surface area contributed by atoms with Crippen molar-refractivity contribution < 1.29 is 14.4 Å². The van der Waals surface area contributed by atoms with Crippen LogP contribution >= 0.6 is 0 Å². The molecule has 1 aromatic heterocycles. The first kappa shape index (κ1) is 19.7. The van der Waals surface area contributed by atoms with Crippen LogP contribution in [0.15, 0.2) is 30.3 Å². The molecule has 6 rings (SSSR count). The van der Waals surface area contributed by atoms with Crippen LogP contribution in [0.25, 0.3) is 10.9 Å². The number of nitrogens with zero attached hydrogens (tertiary/aromatic N) is 3. The lowest BCUT2D eigenvalue weighted by molar-refractivity contribution is -0.155. The third-order valence-corrected chi connectivity index (χ3v) is 8.28. The maximum absolute atomic E-state index is 13.8. The van der Waals surface area contributed by atoms with Crippen LogP contribution in [-0.2, 0) is 16.0 Å². The predicted molar refractivity (Wildman–Crippen MR) is 120 cm³/mol. The van der Waals surface area contributed by atoms with Crippen molar-refractivity contribution in [1.82, 2.24) is 15.2 Å². The molecule has 7 nitrogen and oxygen atoms in total. The lowest BCUT2D eigenvalue weighted by atomic mass is 9.56. The second kappa shape index (κ2) is 5.88. The maximum atomic E-state index is 13.8. The van der Waals surface area contributed by atoms with E-state index in [4.69, 9.17) is 4.98 Å². The summed E-state index contributed by atoms with van der Waals surface area (Å²) in [6.07, 6.45) is 3.07. The Morgan fingerprint density at radius 3 is 2.62 bits per heavy atom. The summed E-state index contributed by atoms with van der Waals surface area (Å²) < 4.78 is 0. The van der Waals surface area contributed by atoms with Crippen LogP contribution in [0.4, 0.5) is 10.6 Å². The Balaban J connectivity index is 1.65. The first-order chi connectivity index (χ1) is 15.1. The van der Waals surface area contributed by atoms with Crippen LogP contribution in [0, 0.1) is 16.2 Å². The molecule has 4 amide bonds. The summed E-state index contributed by atoms with van der Waals surface area (Å²) in [7, 11) is 1.47. The van der Waals surface area contributed by atoms with Gasteiger partial charge in [-0.05, 0) is 47.8 Å². The number of aromatic nitrogens is 1. The highest BCUT2D eigenvalue weighted by atomic mass is 16.2. The smallest absolute Gasteiger partial charge is 0.330 e. The number of benzene rings is 1. The predicted octanol–water partition coefficient (Wildman–Crippen LogP) is 3.26. The van der Waals surface area contributed by atoms with Crippen molar-refractivity contribution in [1.29, 1.82) is 0 Å². The number of nitrogens with one attached hydrogen (secondary N) is 1. The van der Waals surface area contributed by atoms with Crippen LogP contribution in [0.2, 0.25) is 0 Å². The minimum absolute atomic E-state index is 0.0864. The normalized spacial score (nSPS) is 35.2. The van der Waals surface area contributed by atoms with Crippen molar-refractivity contribution in [2.45, 2.75) is 58.5 Å². The standard InChI is InChI=1S/C25H28N4O3/c1-23(2)11-16-12-24(3,13-23)19-25(20(30)27-22(32)28(4)21(25)31)10-15-9-14-7-5-6-8-17(14)26-18(15)29(16)19/h5-9,16,19H,10-13H2,1-4H3,(H,27,30,32)/t16-,19-,24-,25-/m0/s1. The molecule has 0 unspecified atom stereocenters. The zero-order valence-electron chi connectivity index (χ0n) is 18.9. The summed E-state index contributed by atoms with van der Waals surface area (Å²) >= 11 is 0. The molecule has 2 bridgehead atoms. The van der Waals surface area contributed by atoms with Gasteiger partial charge >= 0.3 is 6.03 Å². The quantitative estimate of drug-likeness (QED) is 0.646. The van der Waals surface area contributed by atoms with E-state index < -0.39 is 23.3 Å². The minimum atomic E-state index is -1.34. The van der Waals surface area contributed by atoms with E-state index in [1.54, 1.807) is 0 Å². The molecule has 32 heavy (non-hydrogen) atoms. The van der Waals surface area contributed by atoms with Crippen LogP contribution in [0.3, 0.4) is 0 Å². The van der Waals surface area contributed by atoms with Crippen LogP contribution in [0.1, 0.15) is 45.6 Å². The van der Waals surface area contributed by atoms with Gasteiger partial charge in [0.15, 0.2) is 5.41 Å². The zero-order valence-corrected chi connectivity index (χ0v) is 18.9. The van der Waals surface area contributed by atoms with Crippen molar-refractivity contribution >= 4 is 34.6 Å². The second-order valence-electron chi connectivity index (χ2n) is 11.3. The van der Waals surface area contributed by atoms with Gasteiger partial charge in [0.1, 0.15) is 5.82 Å². The molecule has 1 aromatic carbocycles. The molecule has 1 aliphatic carbocycles. The van der Waals surface area contributed by atoms with Crippen molar-refractivity contribution in [3.05, 3.63) is 35.9 Å². The first-order valence-corrected chi connectivity index (χ1v) is 11.4. The van der Waals surface area contributed by atoms with E-state index >= 15 is 0 Å². The van der Waals surface area contributed by atoms with E-state index in [9.17, 15) is 14.4 Å². The number of rotatable bonds is 0. The van der Waals surface area contributed by atoms with Crippen LogP contribution in [0.5, 0.6) is 0 Å². The summed E-state index contributed by atoms with van der Waals surface area (Å²) in [4.78, 5) is 48.2. The largest absolute Gasteiger partial charge is 0.348 e. The third-order valence-electron chi connectivity index (χ3n) is 8.28. The van der Waals surface area contributed by atoms with Gasteiger partial charge in [-0.15, -0.1) is 0 Å². The van der Waals surface area contributed by atoms with Gasteiger partial charge in [-0.25, -0.2) is 9.78 Å². The Hall–Kier alpha value is -2.96. The van der Waals surface area contributed by atoms with Crippen LogP contribution < -0.4 is 10.2 Å². The zero-order chi connectivity index (χ0) is 22.6. The second-order valence-corrected chi connectivity index (χ2v) is 11.3. The van der Waals surface area contributed by atoms with Gasteiger partial charge in [-0.2, -0.15) is 0 Å². The van der Waals surface area contributed by atoms with Gasteiger partial charge < -0.3 is 4.90 Å². The van der Waals surface area contributed by atoms with Gasteiger partial charge in [0.2, 0.25) is 11.8 Å². The number of imide groups is 2. The summed E-state index contributed by atoms with van der Waals surface area (Å²) in [5.41, 5.74) is 0.317. The first-order valence-electron chi connectivity index (χ1n) is 11.4. The van der Waals surface area contributed by atoms with Gasteiger partial charge in [0.25, 0.3) is 0 Å². The number of anilines is 1. The molecule has 1 spiro atoms. The Morgan fingerprint density at radius 2 is 1.84 bits per heavy atom. The third kappa shape index (κ3) is 2.31. The van der Waals surface area contributed by atoms with E-state index in [0.29, 0.717) is 0 Å². The molecule has 3 fully saturated rings. The van der Waals surface area contributed by atoms with Gasteiger partial charge in [-0.3, -0.25) is 19.8 Å². The number of hydrogen-bond donors (Lipinski definition) is 1. The molecule has 0 radical (unpaired) electrons. The minimum Gasteiger partial charge on any atom is -0.348 e. The number of pyridine rings is 1. The number of carbonyl (C=O) groups is 3. The van der Waals surface area contributed by atoms with E-state index in [-0.39, 0.29) is 29.3 Å². The summed E-state index contributed by atoms with van der Waals surface area (Å²) in [5, 5.41) is 3.49. The number of amides is 4. The molecule has 4 aliphatic rings. The molecule has 4 heterocycles. The highest BCUT2D eigenvalue weighted by Crippen LogP contribution is 2.63. The molecule has 166 valence electrons. The number of urea groups is 1. The monoisotopic (exact) mass is 432 g/mol. The van der Waals surface area contributed by atoms with Gasteiger partial charge in [0, 0.05) is 24.9 Å². The van der Waals surface area contributed by atoms with Crippen LogP contribution in [-0.4, -0.2) is 46.9 Å². The van der Waals surface area contributed by atoms with Crippen molar-refractivity contribution in [3.8, 4) is 0 Å². The fourth-order valence-corrected chi connectivity index (χ4v) is 7.64. The van der Waals surface area contributed by atoms with Gasteiger partial charge in [-0.1, -0.05) is 39.0 Å². The number of barbiturate groups is 1. The fourth-order valence-electron chi connectivity index (χ4n) is 7.64. The molecule has 1 N–H and O–H groups in total. The number of para-hydroxylation sites is 1. The van der Waals surface area contributed by atoms with Crippen molar-refractivity contribution in [2.24, 2.45) is 16.2 Å². The molecule has 7 heteroatoms. The number of fused-ring (bicyclic) bond motifs is 9.